The van der Waals surface area contributed by atoms with Crippen LogP contribution in [0.15, 0.2) is 9.21 Å². The monoisotopic (exact) mass is 280 g/mol. The van der Waals surface area contributed by atoms with Crippen molar-refractivity contribution in [1.29, 1.82) is 0 Å². The van der Waals surface area contributed by atoms with E-state index in [0.717, 1.165) is 15.8 Å². The van der Waals surface area contributed by atoms with Crippen molar-refractivity contribution in [3.63, 3.8) is 0 Å². The van der Waals surface area contributed by atoms with Gasteiger partial charge in [-0.1, -0.05) is 0 Å². The molecule has 3 nitrogen and oxygen atoms in total. The minimum absolute atomic E-state index is 0.238. The largest absolute Gasteiger partial charge is 0.460 e. The molecule has 1 aliphatic rings. The van der Waals surface area contributed by atoms with Gasteiger partial charge in [0, 0.05) is 0 Å². The lowest BCUT2D eigenvalue weighted by molar-refractivity contribution is 0.245. The first-order valence-corrected chi connectivity index (χ1v) is 4.85. The Morgan fingerprint density at radius 3 is 3.00 bits per heavy atom. The number of halogens is 2. The summed E-state index contributed by atoms with van der Waals surface area (Å²) in [6.45, 7) is 2.89. The van der Waals surface area contributed by atoms with E-state index in [4.69, 9.17) is 4.74 Å². The van der Waals surface area contributed by atoms with Crippen molar-refractivity contribution in [1.82, 2.24) is 9.55 Å². The van der Waals surface area contributed by atoms with E-state index in [2.05, 4.69) is 36.8 Å². The van der Waals surface area contributed by atoms with E-state index in [-0.39, 0.29) is 6.10 Å². The molecule has 60 valence electrons. The van der Waals surface area contributed by atoms with Gasteiger partial charge in [0.25, 0.3) is 6.01 Å². The molecular weight excluding hydrogens is 276 g/mol. The van der Waals surface area contributed by atoms with Crippen LogP contribution < -0.4 is 4.74 Å². The predicted molar refractivity (Wildman–Crippen MR) is 47.7 cm³/mol. The molecule has 0 aromatic carbocycles. The van der Waals surface area contributed by atoms with Crippen LogP contribution in [0, 0.1) is 0 Å². The van der Waals surface area contributed by atoms with E-state index < -0.39 is 0 Å². The zero-order valence-electron chi connectivity index (χ0n) is 5.84. The number of hydrogen-bond acceptors (Lipinski definition) is 2. The molecule has 0 bridgehead atoms. The quantitative estimate of drug-likeness (QED) is 0.729. The standard InChI is InChI=1S/C6H6Br2N2O/c1-3-2-10-5(8)4(7)9-6(10)11-3/h3H,2H2,1H3. The molecule has 0 aliphatic carbocycles. The third-order valence-electron chi connectivity index (χ3n) is 1.58. The van der Waals surface area contributed by atoms with Gasteiger partial charge in [-0.05, 0) is 38.8 Å². The van der Waals surface area contributed by atoms with Gasteiger partial charge in [-0.15, -0.1) is 0 Å². The molecule has 1 aromatic rings. The molecular formula is C6H6Br2N2O. The molecule has 1 aliphatic heterocycles. The Hall–Kier alpha value is -0.0300. The molecule has 5 heteroatoms. The van der Waals surface area contributed by atoms with E-state index in [1.165, 1.54) is 0 Å². The summed E-state index contributed by atoms with van der Waals surface area (Å²) >= 11 is 6.70. The average Bonchev–Trinajstić information content (AvgIpc) is 2.37. The fraction of sp³-hybridized carbons (Fsp3) is 0.500. The highest BCUT2D eigenvalue weighted by molar-refractivity contribution is 9.13. The smallest absolute Gasteiger partial charge is 0.298 e. The number of hydrogen-bond donors (Lipinski definition) is 0. The van der Waals surface area contributed by atoms with Crippen molar-refractivity contribution in [2.75, 3.05) is 0 Å². The van der Waals surface area contributed by atoms with E-state index in [9.17, 15) is 0 Å². The molecule has 2 heterocycles. The Morgan fingerprint density at radius 1 is 1.64 bits per heavy atom. The molecule has 2 rings (SSSR count). The molecule has 1 atom stereocenters. The Balaban J connectivity index is 2.48. The van der Waals surface area contributed by atoms with Crippen LogP contribution in [0.25, 0.3) is 0 Å². The van der Waals surface area contributed by atoms with E-state index in [1.54, 1.807) is 0 Å². The van der Waals surface area contributed by atoms with Gasteiger partial charge in [-0.25, -0.2) is 0 Å². The maximum absolute atomic E-state index is 5.40. The van der Waals surface area contributed by atoms with Gasteiger partial charge >= 0.3 is 0 Å². The number of fused-ring (bicyclic) bond motifs is 1. The van der Waals surface area contributed by atoms with Gasteiger partial charge in [-0.3, -0.25) is 4.57 Å². The SMILES string of the molecule is CC1Cn2c(nc(Br)c2Br)O1. The van der Waals surface area contributed by atoms with Crippen LogP contribution in [-0.2, 0) is 6.54 Å². The summed E-state index contributed by atoms with van der Waals surface area (Å²) in [4.78, 5) is 4.15. The Morgan fingerprint density at radius 2 is 2.36 bits per heavy atom. The number of imidazole rings is 1. The molecule has 0 radical (unpaired) electrons. The van der Waals surface area contributed by atoms with Crippen LogP contribution in [0.3, 0.4) is 0 Å². The summed E-state index contributed by atoms with van der Waals surface area (Å²) in [6, 6.07) is 0.691. The molecule has 0 saturated carbocycles. The molecule has 0 amide bonds. The third-order valence-corrected chi connectivity index (χ3v) is 3.47. The molecule has 1 unspecified atom stereocenters. The highest BCUT2D eigenvalue weighted by atomic mass is 79.9. The first kappa shape index (κ1) is 7.61. The Kier molecular flexibility index (Phi) is 1.72. The van der Waals surface area contributed by atoms with Gasteiger partial charge < -0.3 is 4.74 Å². The molecule has 0 N–H and O–H groups in total. The lowest BCUT2D eigenvalue weighted by Gasteiger charge is -1.98. The van der Waals surface area contributed by atoms with Crippen molar-refractivity contribution in [3.05, 3.63) is 9.21 Å². The van der Waals surface area contributed by atoms with Crippen LogP contribution in [0.4, 0.5) is 0 Å². The minimum Gasteiger partial charge on any atom is -0.460 e. The fourth-order valence-corrected chi connectivity index (χ4v) is 1.86. The Labute approximate surface area is 81.0 Å². The maximum atomic E-state index is 5.40. The van der Waals surface area contributed by atoms with Crippen LogP contribution in [0.2, 0.25) is 0 Å². The molecule has 1 aromatic heterocycles. The lowest BCUT2D eigenvalue weighted by atomic mass is 10.4. The van der Waals surface area contributed by atoms with Gasteiger partial charge in [0.1, 0.15) is 15.3 Å². The van der Waals surface area contributed by atoms with E-state index in [0.29, 0.717) is 6.01 Å². The topological polar surface area (TPSA) is 27.1 Å². The van der Waals surface area contributed by atoms with Crippen molar-refractivity contribution in [2.24, 2.45) is 0 Å². The summed E-state index contributed by atoms with van der Waals surface area (Å²) in [5.41, 5.74) is 0. The van der Waals surface area contributed by atoms with Gasteiger partial charge in [0.05, 0.1) is 6.54 Å². The zero-order valence-corrected chi connectivity index (χ0v) is 9.02. The highest BCUT2D eigenvalue weighted by Crippen LogP contribution is 2.32. The molecule has 0 spiro atoms. The fourth-order valence-electron chi connectivity index (χ4n) is 1.11. The molecule has 11 heavy (non-hydrogen) atoms. The van der Waals surface area contributed by atoms with Gasteiger partial charge in [0.15, 0.2) is 0 Å². The zero-order chi connectivity index (χ0) is 8.01. The maximum Gasteiger partial charge on any atom is 0.298 e. The summed E-state index contributed by atoms with van der Waals surface area (Å²) in [6.07, 6.45) is 0.238. The predicted octanol–water partition coefficient (Wildman–Crippen LogP) is 2.19. The minimum atomic E-state index is 0.238. The van der Waals surface area contributed by atoms with Crippen molar-refractivity contribution in [3.8, 4) is 6.01 Å². The van der Waals surface area contributed by atoms with Gasteiger partial charge in [-0.2, -0.15) is 4.98 Å². The summed E-state index contributed by atoms with van der Waals surface area (Å²) in [7, 11) is 0. The van der Waals surface area contributed by atoms with Crippen molar-refractivity contribution < 1.29 is 4.74 Å². The van der Waals surface area contributed by atoms with E-state index in [1.807, 2.05) is 11.5 Å². The lowest BCUT2D eigenvalue weighted by Crippen LogP contribution is -2.08. The van der Waals surface area contributed by atoms with Crippen LogP contribution in [0.5, 0.6) is 6.01 Å². The van der Waals surface area contributed by atoms with Crippen LogP contribution in [-0.4, -0.2) is 15.7 Å². The third kappa shape index (κ3) is 1.10. The molecule has 0 fully saturated rings. The van der Waals surface area contributed by atoms with Crippen LogP contribution in [0.1, 0.15) is 6.92 Å². The summed E-state index contributed by atoms with van der Waals surface area (Å²) in [5, 5.41) is 0. The van der Waals surface area contributed by atoms with Crippen LogP contribution >= 0.6 is 31.9 Å². The first-order valence-electron chi connectivity index (χ1n) is 3.26. The van der Waals surface area contributed by atoms with Crippen molar-refractivity contribution in [2.45, 2.75) is 19.6 Å². The average molecular weight is 282 g/mol. The highest BCUT2D eigenvalue weighted by Gasteiger charge is 2.24. The second-order valence-corrected chi connectivity index (χ2v) is 4.02. The molecule has 0 saturated heterocycles. The summed E-state index contributed by atoms with van der Waals surface area (Å²) < 4.78 is 9.16. The Bertz CT molecular complexity index is 297. The number of aromatic nitrogens is 2. The second-order valence-electron chi connectivity index (χ2n) is 2.52. The normalized spacial score (nSPS) is 21.5. The van der Waals surface area contributed by atoms with E-state index >= 15 is 0 Å². The number of ether oxygens (including phenoxy) is 1. The second kappa shape index (κ2) is 2.48. The van der Waals surface area contributed by atoms with Crippen molar-refractivity contribution >= 4 is 31.9 Å². The summed E-state index contributed by atoms with van der Waals surface area (Å²) in [5.74, 6) is 0. The van der Waals surface area contributed by atoms with Gasteiger partial charge in [0.2, 0.25) is 0 Å². The first-order chi connectivity index (χ1) is 5.18. The number of rotatable bonds is 0. The number of nitrogens with zero attached hydrogens (tertiary/aromatic N) is 2.